The van der Waals surface area contributed by atoms with Gasteiger partial charge in [-0.15, -0.1) is 11.8 Å². The number of thioether (sulfide) groups is 1. The van der Waals surface area contributed by atoms with Crippen molar-refractivity contribution in [3.8, 4) is 0 Å². The fourth-order valence-electron chi connectivity index (χ4n) is 2.34. The van der Waals surface area contributed by atoms with Crippen molar-refractivity contribution >= 4 is 41.3 Å². The Morgan fingerprint density at radius 2 is 1.90 bits per heavy atom. The summed E-state index contributed by atoms with van der Waals surface area (Å²) < 4.78 is 16.0. The van der Waals surface area contributed by atoms with Crippen LogP contribution in [0.1, 0.15) is 31.9 Å². The molecule has 2 rings (SSSR count). The van der Waals surface area contributed by atoms with Gasteiger partial charge in [0.2, 0.25) is 18.6 Å². The van der Waals surface area contributed by atoms with Crippen LogP contribution in [0.4, 0.5) is 5.82 Å². The minimum absolute atomic E-state index is 0.00681. The molecular weight excluding hydrogens is 436 g/mol. The van der Waals surface area contributed by atoms with Gasteiger partial charge in [-0.25, -0.2) is 4.79 Å². The normalized spacial score (nSPS) is 17.7. The fourth-order valence-corrected chi connectivity index (χ4v) is 3.27. The molecule has 13 nitrogen and oxygen atoms in total. The highest BCUT2D eigenvalue weighted by atomic mass is 32.2. The van der Waals surface area contributed by atoms with Crippen molar-refractivity contribution in [1.82, 2.24) is 9.55 Å². The Morgan fingerprint density at radius 1 is 1.23 bits per heavy atom. The first-order valence-electron chi connectivity index (χ1n) is 9.15. The zero-order valence-electron chi connectivity index (χ0n) is 16.4. The van der Waals surface area contributed by atoms with E-state index in [0.717, 1.165) is 0 Å². The fraction of sp³-hybridized carbons (Fsp3) is 0.529. The molecule has 2 heterocycles. The van der Waals surface area contributed by atoms with E-state index in [1.54, 1.807) is 0 Å². The number of hydrogen-bond donors (Lipinski definition) is 3. The molecule has 4 N–H and O–H groups in total. The van der Waals surface area contributed by atoms with Crippen LogP contribution in [0.15, 0.2) is 17.1 Å². The van der Waals surface area contributed by atoms with Gasteiger partial charge in [-0.1, -0.05) is 0 Å². The number of esters is 2. The number of nitrogens with zero attached hydrogens (tertiary/aromatic N) is 2. The third-order valence-corrected chi connectivity index (χ3v) is 4.97. The lowest BCUT2D eigenvalue weighted by molar-refractivity contribution is -0.167. The molecule has 170 valence electrons. The summed E-state index contributed by atoms with van der Waals surface area (Å²) in [5.74, 6) is -2.29. The van der Waals surface area contributed by atoms with E-state index in [0.29, 0.717) is 5.75 Å². The number of nitrogens with two attached hydrogens (primary N) is 1. The lowest BCUT2D eigenvalue weighted by atomic mass is 10.3. The number of aliphatic hydroxyl groups excluding tert-OH is 1. The Kier molecular flexibility index (Phi) is 9.42. The molecule has 1 aliphatic rings. The summed E-state index contributed by atoms with van der Waals surface area (Å²) >= 11 is 1.37. The zero-order valence-corrected chi connectivity index (χ0v) is 17.2. The molecule has 0 unspecified atom stereocenters. The number of ether oxygens (including phenoxy) is 3. The molecule has 0 bridgehead atoms. The molecule has 0 spiro atoms. The summed E-state index contributed by atoms with van der Waals surface area (Å²) in [5, 5.41) is 11.5. The molecule has 14 heteroatoms. The average molecular weight is 458 g/mol. The Balaban J connectivity index is 1.70. The summed E-state index contributed by atoms with van der Waals surface area (Å²) in [4.78, 5) is 61.2. The van der Waals surface area contributed by atoms with Gasteiger partial charge in [0.15, 0.2) is 0 Å². The van der Waals surface area contributed by atoms with E-state index in [1.165, 1.54) is 28.6 Å². The molecule has 0 aliphatic carbocycles. The quantitative estimate of drug-likeness (QED) is 0.268. The maximum absolute atomic E-state index is 12.1. The molecule has 1 aromatic rings. The second kappa shape index (κ2) is 12.0. The summed E-state index contributed by atoms with van der Waals surface area (Å²) in [5.41, 5.74) is 3.84. The highest BCUT2D eigenvalue weighted by molar-refractivity contribution is 8.00. The van der Waals surface area contributed by atoms with Crippen molar-refractivity contribution in [2.24, 2.45) is 5.73 Å². The maximum Gasteiger partial charge on any atom is 0.351 e. The summed E-state index contributed by atoms with van der Waals surface area (Å²) in [6.07, 6.45) is -0.101. The molecule has 1 saturated heterocycles. The number of amides is 2. The van der Waals surface area contributed by atoms with E-state index in [2.05, 4.69) is 19.8 Å². The van der Waals surface area contributed by atoms with Gasteiger partial charge in [-0.05, 0) is 6.07 Å². The molecule has 0 saturated carbocycles. The average Bonchev–Trinajstić information content (AvgIpc) is 3.20. The molecular formula is C17H22N4O9S. The molecule has 1 fully saturated rings. The van der Waals surface area contributed by atoms with Crippen molar-refractivity contribution in [2.75, 3.05) is 24.5 Å². The lowest BCUT2D eigenvalue weighted by Crippen LogP contribution is -2.29. The Hall–Kier alpha value is -2.97. The number of aliphatic hydroxyl groups is 1. The van der Waals surface area contributed by atoms with Gasteiger partial charge in [0.25, 0.3) is 0 Å². The highest BCUT2D eigenvalue weighted by Crippen LogP contribution is 2.30. The van der Waals surface area contributed by atoms with Crippen molar-refractivity contribution < 1.29 is 38.5 Å². The van der Waals surface area contributed by atoms with E-state index >= 15 is 0 Å². The van der Waals surface area contributed by atoms with Crippen LogP contribution >= 0.6 is 11.8 Å². The van der Waals surface area contributed by atoms with Crippen LogP contribution < -0.4 is 16.7 Å². The van der Waals surface area contributed by atoms with E-state index < -0.39 is 47.9 Å². The van der Waals surface area contributed by atoms with E-state index in [4.69, 9.17) is 15.6 Å². The van der Waals surface area contributed by atoms with Crippen LogP contribution in [0.2, 0.25) is 0 Å². The van der Waals surface area contributed by atoms with E-state index in [-0.39, 0.29) is 38.1 Å². The molecule has 1 aliphatic heterocycles. The van der Waals surface area contributed by atoms with Crippen molar-refractivity contribution in [3.05, 3.63) is 22.7 Å². The number of carbonyl (C=O) groups is 4. The monoisotopic (exact) mass is 458 g/mol. The smallest absolute Gasteiger partial charge is 0.351 e. The summed E-state index contributed by atoms with van der Waals surface area (Å²) in [7, 11) is 0. The Morgan fingerprint density at radius 3 is 2.48 bits per heavy atom. The van der Waals surface area contributed by atoms with E-state index in [1.807, 2.05) is 0 Å². The van der Waals surface area contributed by atoms with Crippen molar-refractivity contribution in [2.45, 2.75) is 37.3 Å². The first-order chi connectivity index (χ1) is 14.8. The maximum atomic E-state index is 12.1. The number of rotatable bonds is 11. The summed E-state index contributed by atoms with van der Waals surface area (Å²) in [6, 6.07) is 1.41. The number of aromatic nitrogens is 2. The predicted molar refractivity (Wildman–Crippen MR) is 105 cm³/mol. The van der Waals surface area contributed by atoms with Crippen LogP contribution in [-0.2, 0) is 33.4 Å². The van der Waals surface area contributed by atoms with Gasteiger partial charge >= 0.3 is 17.6 Å². The second-order valence-electron chi connectivity index (χ2n) is 6.20. The van der Waals surface area contributed by atoms with Gasteiger partial charge in [0, 0.05) is 24.8 Å². The topological polar surface area (TPSA) is 189 Å². The molecule has 0 radical (unpaired) electrons. The predicted octanol–water partition coefficient (Wildman–Crippen LogP) is -1.15. The number of nitrogens with one attached hydrogen (secondary N) is 1. The number of primary amides is 1. The van der Waals surface area contributed by atoms with Crippen LogP contribution in [0, 0.1) is 0 Å². The molecule has 0 aromatic carbocycles. The van der Waals surface area contributed by atoms with Gasteiger partial charge in [-0.3, -0.25) is 23.7 Å². The Bertz CT molecular complexity index is 875. The largest absolute Gasteiger partial charge is 0.428 e. The zero-order chi connectivity index (χ0) is 22.8. The van der Waals surface area contributed by atoms with Crippen LogP contribution in [0.25, 0.3) is 0 Å². The minimum atomic E-state index is -0.782. The molecule has 1 aromatic heterocycles. The van der Waals surface area contributed by atoms with E-state index in [9.17, 15) is 24.0 Å². The number of carbonyl (C=O) groups excluding carboxylic acids is 4. The lowest BCUT2D eigenvalue weighted by Gasteiger charge is -2.14. The van der Waals surface area contributed by atoms with Crippen molar-refractivity contribution in [1.29, 1.82) is 0 Å². The van der Waals surface area contributed by atoms with Gasteiger partial charge in [0.1, 0.15) is 17.5 Å². The van der Waals surface area contributed by atoms with Crippen molar-refractivity contribution in [3.63, 3.8) is 0 Å². The van der Waals surface area contributed by atoms with Gasteiger partial charge in [-0.2, -0.15) is 4.98 Å². The number of hydrogen-bond acceptors (Lipinski definition) is 11. The Labute approximate surface area is 180 Å². The first-order valence-corrected chi connectivity index (χ1v) is 10.2. The van der Waals surface area contributed by atoms with Crippen LogP contribution in [0.3, 0.4) is 0 Å². The second-order valence-corrected chi connectivity index (χ2v) is 7.40. The summed E-state index contributed by atoms with van der Waals surface area (Å²) in [6.45, 7) is -0.811. The van der Waals surface area contributed by atoms with Gasteiger partial charge in [0.05, 0.1) is 19.4 Å². The molecule has 2 atom stereocenters. The minimum Gasteiger partial charge on any atom is -0.428 e. The van der Waals surface area contributed by atoms with Crippen LogP contribution in [-0.4, -0.2) is 63.0 Å². The number of anilines is 1. The third-order valence-electron chi connectivity index (χ3n) is 3.86. The highest BCUT2D eigenvalue weighted by Gasteiger charge is 2.27. The molecule has 31 heavy (non-hydrogen) atoms. The van der Waals surface area contributed by atoms with Gasteiger partial charge < -0.3 is 30.4 Å². The standard InChI is InChI=1S/C17H22N4O9S/c18-10(23)1-3-14(25)28-9-29-15(26)4-2-12(24)19-11-5-6-21(17(27)20-11)13-8-31-16(7-22)30-13/h5-6,13,16,22H,1-4,7-9H2,(H2,18,23)(H,19,20,24,27)/t13-,16+/m1/s1. The SMILES string of the molecule is NC(=O)CCC(=O)OCOC(=O)CCC(=O)Nc1ccn([C@H]2CS[C@@H](CO)O2)c(=O)n1. The van der Waals surface area contributed by atoms with Crippen LogP contribution in [0.5, 0.6) is 0 Å². The first kappa shape index (κ1) is 24.3. The third kappa shape index (κ3) is 8.35. The molecule has 2 amide bonds.